The van der Waals surface area contributed by atoms with Crippen molar-refractivity contribution in [2.45, 2.75) is 64.8 Å². The minimum Gasteiger partial charge on any atom is -0.493 e. The van der Waals surface area contributed by atoms with E-state index >= 15 is 0 Å². The van der Waals surface area contributed by atoms with Crippen molar-refractivity contribution in [3.8, 4) is 17.0 Å². The molecule has 29 heavy (non-hydrogen) atoms. The standard InChI is InChI=1S/C21H29N3O2.C3H8/c1-21(2,14-25)24-9-6-15(7-10-24)16-4-5-19-18(12-16)20-17(8-11-26-19)13-23(3)22-20;1-3-2/h4-5,12-13,15,25H,6-11,14H2,1-3H3;3H2,1-2H3. The Kier molecular flexibility index (Phi) is 7.01. The van der Waals surface area contributed by atoms with E-state index in [0.717, 1.165) is 49.4 Å². The molecule has 0 radical (unpaired) electrons. The molecule has 1 aromatic heterocycles. The fourth-order valence-corrected chi connectivity index (χ4v) is 4.25. The number of aliphatic hydroxyl groups excluding tert-OH is 1. The van der Waals surface area contributed by atoms with Gasteiger partial charge in [-0.25, -0.2) is 0 Å². The monoisotopic (exact) mass is 399 g/mol. The smallest absolute Gasteiger partial charge is 0.128 e. The van der Waals surface area contributed by atoms with Crippen molar-refractivity contribution in [3.63, 3.8) is 0 Å². The van der Waals surface area contributed by atoms with Crippen LogP contribution in [0, 0.1) is 0 Å². The lowest BCUT2D eigenvalue weighted by molar-refractivity contribution is 0.0379. The zero-order chi connectivity index (χ0) is 21.0. The van der Waals surface area contributed by atoms with Gasteiger partial charge in [0.1, 0.15) is 5.75 Å². The van der Waals surface area contributed by atoms with Crippen LogP contribution in [0.4, 0.5) is 0 Å². The third-order valence-corrected chi connectivity index (χ3v) is 6.00. The summed E-state index contributed by atoms with van der Waals surface area (Å²) in [6.45, 7) is 11.5. The Morgan fingerprint density at radius 1 is 1.21 bits per heavy atom. The van der Waals surface area contributed by atoms with Crippen molar-refractivity contribution < 1.29 is 9.84 Å². The number of fused-ring (bicyclic) bond motifs is 3. The highest BCUT2D eigenvalue weighted by Gasteiger charge is 2.31. The molecule has 5 nitrogen and oxygen atoms in total. The zero-order valence-electron chi connectivity index (χ0n) is 18.7. The molecule has 0 spiro atoms. The van der Waals surface area contributed by atoms with Crippen LogP contribution in [0.15, 0.2) is 24.4 Å². The van der Waals surface area contributed by atoms with Gasteiger partial charge in [-0.1, -0.05) is 26.3 Å². The van der Waals surface area contributed by atoms with Crippen LogP contribution in [0.2, 0.25) is 0 Å². The van der Waals surface area contributed by atoms with E-state index in [1.54, 1.807) is 0 Å². The number of rotatable bonds is 3. The molecule has 0 amide bonds. The number of piperidine rings is 1. The van der Waals surface area contributed by atoms with Crippen molar-refractivity contribution in [2.75, 3.05) is 26.3 Å². The first-order valence-corrected chi connectivity index (χ1v) is 11.0. The van der Waals surface area contributed by atoms with Crippen LogP contribution in [0.5, 0.6) is 5.75 Å². The van der Waals surface area contributed by atoms with Gasteiger partial charge in [0.15, 0.2) is 0 Å². The van der Waals surface area contributed by atoms with Crippen molar-refractivity contribution in [1.29, 1.82) is 0 Å². The second-order valence-electron chi connectivity index (χ2n) is 8.97. The second-order valence-corrected chi connectivity index (χ2v) is 8.97. The molecule has 2 aromatic rings. The number of hydrogen-bond donors (Lipinski definition) is 1. The highest BCUT2D eigenvalue weighted by atomic mass is 16.5. The van der Waals surface area contributed by atoms with Gasteiger partial charge < -0.3 is 9.84 Å². The molecule has 0 aliphatic carbocycles. The fourth-order valence-electron chi connectivity index (χ4n) is 4.25. The van der Waals surface area contributed by atoms with E-state index < -0.39 is 0 Å². The van der Waals surface area contributed by atoms with E-state index in [1.807, 2.05) is 11.7 Å². The maximum atomic E-state index is 9.62. The molecule has 0 unspecified atom stereocenters. The van der Waals surface area contributed by atoms with Crippen LogP contribution in [0.25, 0.3) is 11.3 Å². The minimum absolute atomic E-state index is 0.130. The predicted octanol–water partition coefficient (Wildman–Crippen LogP) is 4.39. The normalized spacial score (nSPS) is 17.4. The fraction of sp³-hybridized carbons (Fsp3) is 0.625. The molecule has 160 valence electrons. The summed E-state index contributed by atoms with van der Waals surface area (Å²) in [6, 6.07) is 6.65. The van der Waals surface area contributed by atoms with Crippen LogP contribution in [0.1, 0.15) is 64.0 Å². The third-order valence-electron chi connectivity index (χ3n) is 6.00. The van der Waals surface area contributed by atoms with E-state index in [9.17, 15) is 5.11 Å². The molecule has 3 heterocycles. The molecule has 0 saturated carbocycles. The molecule has 1 N–H and O–H groups in total. The molecule has 2 aliphatic rings. The molecule has 0 bridgehead atoms. The van der Waals surface area contributed by atoms with E-state index in [2.05, 4.69) is 57.0 Å². The number of hydrogen-bond acceptors (Lipinski definition) is 4. The molecule has 0 atom stereocenters. The van der Waals surface area contributed by atoms with Gasteiger partial charge in [-0.3, -0.25) is 9.58 Å². The van der Waals surface area contributed by atoms with Gasteiger partial charge in [0.25, 0.3) is 0 Å². The van der Waals surface area contributed by atoms with Crippen molar-refractivity contribution >= 4 is 0 Å². The van der Waals surface area contributed by atoms with Gasteiger partial charge in [0, 0.05) is 36.3 Å². The summed E-state index contributed by atoms with van der Waals surface area (Å²) < 4.78 is 7.87. The first-order chi connectivity index (χ1) is 13.9. The lowest BCUT2D eigenvalue weighted by Crippen LogP contribution is -2.50. The SMILES string of the molecule is CCC.Cn1cc2c(n1)-c1cc(C3CCN(C(C)(C)CO)CC3)ccc1OCC2. The van der Waals surface area contributed by atoms with Gasteiger partial charge in [-0.15, -0.1) is 0 Å². The maximum Gasteiger partial charge on any atom is 0.128 e. The van der Waals surface area contributed by atoms with Crippen LogP contribution >= 0.6 is 0 Å². The molecular weight excluding hydrogens is 362 g/mol. The summed E-state index contributed by atoms with van der Waals surface area (Å²) >= 11 is 0. The number of likely N-dealkylation sites (tertiary alicyclic amines) is 1. The van der Waals surface area contributed by atoms with Crippen molar-refractivity contribution in [3.05, 3.63) is 35.5 Å². The highest BCUT2D eigenvalue weighted by Crippen LogP contribution is 2.39. The first kappa shape index (κ1) is 21.8. The zero-order valence-corrected chi connectivity index (χ0v) is 18.7. The first-order valence-electron chi connectivity index (χ1n) is 11.0. The summed E-state index contributed by atoms with van der Waals surface area (Å²) in [6.07, 6.45) is 6.51. The largest absolute Gasteiger partial charge is 0.493 e. The second kappa shape index (κ2) is 9.31. The van der Waals surface area contributed by atoms with Crippen LogP contribution in [-0.4, -0.2) is 51.6 Å². The number of benzene rings is 1. The van der Waals surface area contributed by atoms with Gasteiger partial charge in [0.2, 0.25) is 0 Å². The molecule has 1 fully saturated rings. The topological polar surface area (TPSA) is 50.5 Å². The molecule has 1 saturated heterocycles. The summed E-state index contributed by atoms with van der Waals surface area (Å²) in [7, 11) is 1.98. The average Bonchev–Trinajstić information content (AvgIpc) is 3.01. The van der Waals surface area contributed by atoms with E-state index in [1.165, 1.54) is 17.5 Å². The molecule has 4 rings (SSSR count). The number of aryl methyl sites for hydroxylation is 1. The lowest BCUT2D eigenvalue weighted by atomic mass is 9.86. The van der Waals surface area contributed by atoms with E-state index in [4.69, 9.17) is 9.84 Å². The lowest BCUT2D eigenvalue weighted by Gasteiger charge is -2.42. The highest BCUT2D eigenvalue weighted by molar-refractivity contribution is 5.71. The maximum absolute atomic E-state index is 9.62. The summed E-state index contributed by atoms with van der Waals surface area (Å²) in [5.74, 6) is 1.51. The van der Waals surface area contributed by atoms with Crippen molar-refractivity contribution in [1.82, 2.24) is 14.7 Å². The Labute approximate surface area is 175 Å². The Morgan fingerprint density at radius 2 is 1.90 bits per heavy atom. The Bertz CT molecular complexity index is 804. The molecule has 5 heteroatoms. The van der Waals surface area contributed by atoms with Gasteiger partial charge >= 0.3 is 0 Å². The van der Waals surface area contributed by atoms with Crippen LogP contribution < -0.4 is 4.74 Å². The molecular formula is C24H37N3O2. The van der Waals surface area contributed by atoms with Crippen LogP contribution in [0.3, 0.4) is 0 Å². The van der Waals surface area contributed by atoms with E-state index in [-0.39, 0.29) is 12.1 Å². The Balaban J connectivity index is 0.000000755. The van der Waals surface area contributed by atoms with Crippen LogP contribution in [-0.2, 0) is 13.5 Å². The number of aromatic nitrogens is 2. The summed E-state index contributed by atoms with van der Waals surface area (Å²) in [5, 5.41) is 14.3. The summed E-state index contributed by atoms with van der Waals surface area (Å²) in [4.78, 5) is 2.41. The summed E-state index contributed by atoms with van der Waals surface area (Å²) in [5.41, 5.74) is 4.72. The quantitative estimate of drug-likeness (QED) is 0.832. The number of nitrogens with zero attached hydrogens (tertiary/aromatic N) is 3. The van der Waals surface area contributed by atoms with E-state index in [0.29, 0.717) is 12.5 Å². The van der Waals surface area contributed by atoms with Gasteiger partial charge in [0.05, 0.1) is 18.9 Å². The van der Waals surface area contributed by atoms with Gasteiger partial charge in [-0.2, -0.15) is 5.10 Å². The molecule has 1 aromatic carbocycles. The average molecular weight is 400 g/mol. The predicted molar refractivity (Wildman–Crippen MR) is 119 cm³/mol. The Hall–Kier alpha value is -1.85. The number of ether oxygens (including phenoxy) is 1. The van der Waals surface area contributed by atoms with Crippen molar-refractivity contribution in [2.24, 2.45) is 7.05 Å². The Morgan fingerprint density at radius 3 is 2.55 bits per heavy atom. The van der Waals surface area contributed by atoms with Gasteiger partial charge in [-0.05, 0) is 63.4 Å². The molecule has 2 aliphatic heterocycles. The number of aliphatic hydroxyl groups is 1. The third kappa shape index (κ3) is 4.84. The minimum atomic E-state index is -0.130.